The summed E-state index contributed by atoms with van der Waals surface area (Å²) >= 11 is 12.4. The normalized spacial score (nSPS) is 11.2. The summed E-state index contributed by atoms with van der Waals surface area (Å²) in [6, 6.07) is 15.3. The van der Waals surface area contributed by atoms with E-state index in [1.165, 1.54) is 5.56 Å². The van der Waals surface area contributed by atoms with E-state index in [4.69, 9.17) is 23.2 Å². The van der Waals surface area contributed by atoms with Crippen LogP contribution in [0.25, 0.3) is 22.4 Å². The highest BCUT2D eigenvalue weighted by Gasteiger charge is 2.17. The lowest BCUT2D eigenvalue weighted by molar-refractivity contribution is 0.832. The number of halogens is 2. The molecule has 4 aromatic rings. The van der Waals surface area contributed by atoms with Crippen LogP contribution in [0.5, 0.6) is 0 Å². The van der Waals surface area contributed by atoms with Crippen LogP contribution in [0.1, 0.15) is 11.1 Å². The highest BCUT2D eigenvalue weighted by molar-refractivity contribution is 6.42. The van der Waals surface area contributed by atoms with Gasteiger partial charge in [0.05, 0.1) is 26.6 Å². The largest absolute Gasteiger partial charge is 0.328 e. The van der Waals surface area contributed by atoms with Crippen LogP contribution in [0.4, 0.5) is 0 Å². The summed E-state index contributed by atoms with van der Waals surface area (Å²) in [4.78, 5) is 19.7. The predicted molar refractivity (Wildman–Crippen MR) is 106 cm³/mol. The Kier molecular flexibility index (Phi) is 4.31. The van der Waals surface area contributed by atoms with Gasteiger partial charge >= 0.3 is 0 Å². The van der Waals surface area contributed by atoms with Gasteiger partial charge in [0.1, 0.15) is 5.82 Å². The van der Waals surface area contributed by atoms with Crippen molar-refractivity contribution in [3.8, 4) is 11.4 Å². The first-order valence-electron chi connectivity index (χ1n) is 8.12. The minimum Gasteiger partial charge on any atom is -0.328 e. The number of nitrogens with zero attached hydrogens (tertiary/aromatic N) is 2. The molecule has 0 saturated heterocycles. The van der Waals surface area contributed by atoms with Crippen molar-refractivity contribution >= 4 is 34.2 Å². The second-order valence-electron chi connectivity index (χ2n) is 6.18. The van der Waals surface area contributed by atoms with E-state index in [-0.39, 0.29) is 5.56 Å². The molecule has 0 fully saturated rings. The summed E-state index contributed by atoms with van der Waals surface area (Å²) in [5.74, 6) is 0.584. The highest BCUT2D eigenvalue weighted by Crippen LogP contribution is 2.31. The highest BCUT2D eigenvalue weighted by atomic mass is 35.5. The Balaban J connectivity index is 1.96. The lowest BCUT2D eigenvalue weighted by atomic mass is 10.1. The lowest BCUT2D eigenvalue weighted by Gasteiger charge is -2.10. The maximum Gasteiger partial charge on any atom is 0.258 e. The number of fused-ring (bicyclic) bond motifs is 1. The quantitative estimate of drug-likeness (QED) is 0.537. The number of benzene rings is 2. The van der Waals surface area contributed by atoms with E-state index in [1.807, 2.05) is 11.5 Å². The molecule has 4 nitrogen and oxygen atoms in total. The van der Waals surface area contributed by atoms with E-state index in [2.05, 4.69) is 34.2 Å². The van der Waals surface area contributed by atoms with Gasteiger partial charge in [-0.25, -0.2) is 4.98 Å². The van der Waals surface area contributed by atoms with Gasteiger partial charge in [0.15, 0.2) is 0 Å². The van der Waals surface area contributed by atoms with Crippen molar-refractivity contribution in [2.45, 2.75) is 13.5 Å². The van der Waals surface area contributed by atoms with Crippen LogP contribution >= 0.6 is 23.2 Å². The molecule has 0 unspecified atom stereocenters. The summed E-state index contributed by atoms with van der Waals surface area (Å²) in [7, 11) is 0. The number of nitrogens with one attached hydrogen (secondary N) is 1. The van der Waals surface area contributed by atoms with Crippen LogP contribution < -0.4 is 5.56 Å². The number of rotatable bonds is 3. The van der Waals surface area contributed by atoms with Crippen molar-refractivity contribution in [3.63, 3.8) is 0 Å². The van der Waals surface area contributed by atoms with E-state index in [0.717, 1.165) is 11.1 Å². The number of H-pyrrole nitrogens is 1. The molecule has 0 atom stereocenters. The molecule has 0 aliphatic heterocycles. The standard InChI is InChI=1S/C20H15Cl2N3O/c1-12-4-6-13(7-5-12)11-25-18-10-16(22)15(21)9-17(18)24-19(25)14-3-2-8-23-20(14)26/h2-10H,11H2,1H3,(H,23,26). The number of aryl methyl sites for hydroxylation is 1. The molecule has 0 aliphatic carbocycles. The van der Waals surface area contributed by atoms with Gasteiger partial charge in [-0.15, -0.1) is 0 Å². The monoisotopic (exact) mass is 383 g/mol. The minimum atomic E-state index is -0.190. The zero-order chi connectivity index (χ0) is 18.3. The van der Waals surface area contributed by atoms with Gasteiger partial charge < -0.3 is 9.55 Å². The lowest BCUT2D eigenvalue weighted by Crippen LogP contribution is -2.11. The van der Waals surface area contributed by atoms with Crippen LogP contribution in [0, 0.1) is 6.92 Å². The maximum absolute atomic E-state index is 12.3. The maximum atomic E-state index is 12.3. The molecule has 0 spiro atoms. The molecule has 0 amide bonds. The van der Waals surface area contributed by atoms with E-state index in [9.17, 15) is 4.79 Å². The molecule has 0 bridgehead atoms. The van der Waals surface area contributed by atoms with E-state index in [1.54, 1.807) is 30.5 Å². The average molecular weight is 384 g/mol. The van der Waals surface area contributed by atoms with Crippen molar-refractivity contribution in [1.82, 2.24) is 14.5 Å². The van der Waals surface area contributed by atoms with Crippen molar-refractivity contribution in [1.29, 1.82) is 0 Å². The molecule has 6 heteroatoms. The summed E-state index contributed by atoms with van der Waals surface area (Å²) < 4.78 is 1.99. The fourth-order valence-corrected chi connectivity index (χ4v) is 3.28. The SMILES string of the molecule is Cc1ccc(Cn2c(-c3ccc[nH]c3=O)nc3cc(Cl)c(Cl)cc32)cc1. The van der Waals surface area contributed by atoms with Gasteiger partial charge in [-0.05, 0) is 36.8 Å². The average Bonchev–Trinajstić information content (AvgIpc) is 2.95. The molecule has 2 heterocycles. The Hall–Kier alpha value is -2.56. The van der Waals surface area contributed by atoms with Crippen LogP contribution in [0.15, 0.2) is 59.5 Å². The summed E-state index contributed by atoms with van der Waals surface area (Å²) in [5, 5.41) is 0.894. The van der Waals surface area contributed by atoms with Crippen molar-refractivity contribution in [3.05, 3.63) is 86.3 Å². The Labute approximate surface area is 160 Å². The van der Waals surface area contributed by atoms with Crippen LogP contribution in [-0.4, -0.2) is 14.5 Å². The van der Waals surface area contributed by atoms with Crippen LogP contribution in [-0.2, 0) is 6.54 Å². The summed E-state index contributed by atoms with van der Waals surface area (Å²) in [6.45, 7) is 2.62. The van der Waals surface area contributed by atoms with Gasteiger partial charge in [0.2, 0.25) is 0 Å². The molecule has 0 saturated carbocycles. The molecule has 130 valence electrons. The zero-order valence-electron chi connectivity index (χ0n) is 14.0. The number of pyridine rings is 1. The molecule has 2 aromatic heterocycles. The molecule has 4 rings (SSSR count). The smallest absolute Gasteiger partial charge is 0.258 e. The molecule has 2 aromatic carbocycles. The number of aromatic nitrogens is 3. The molecular formula is C20H15Cl2N3O. The van der Waals surface area contributed by atoms with Crippen LogP contribution in [0.3, 0.4) is 0 Å². The Morgan fingerprint density at radius 3 is 2.54 bits per heavy atom. The summed E-state index contributed by atoms with van der Waals surface area (Å²) in [5.41, 5.74) is 4.14. The van der Waals surface area contributed by atoms with E-state index in [0.29, 0.717) is 33.5 Å². The van der Waals surface area contributed by atoms with E-state index < -0.39 is 0 Å². The number of imidazole rings is 1. The van der Waals surface area contributed by atoms with Crippen molar-refractivity contribution in [2.75, 3.05) is 0 Å². The molecule has 0 aliphatic rings. The van der Waals surface area contributed by atoms with Crippen molar-refractivity contribution < 1.29 is 0 Å². The molecule has 0 radical (unpaired) electrons. The Bertz CT molecular complexity index is 1160. The predicted octanol–water partition coefficient (Wildman–Crippen LogP) is 5.06. The second kappa shape index (κ2) is 6.63. The van der Waals surface area contributed by atoms with Crippen molar-refractivity contribution in [2.24, 2.45) is 0 Å². The molecule has 26 heavy (non-hydrogen) atoms. The Morgan fingerprint density at radius 1 is 1.08 bits per heavy atom. The first kappa shape index (κ1) is 16.9. The third-order valence-corrected chi connectivity index (χ3v) is 5.03. The number of aromatic amines is 1. The van der Waals surface area contributed by atoms with Gasteiger partial charge in [-0.3, -0.25) is 4.79 Å². The first-order chi connectivity index (χ1) is 12.5. The Morgan fingerprint density at radius 2 is 1.81 bits per heavy atom. The summed E-state index contributed by atoms with van der Waals surface area (Å²) in [6.07, 6.45) is 1.60. The fraction of sp³-hybridized carbons (Fsp3) is 0.100. The van der Waals surface area contributed by atoms with Gasteiger partial charge in [0.25, 0.3) is 5.56 Å². The second-order valence-corrected chi connectivity index (χ2v) is 6.99. The van der Waals surface area contributed by atoms with E-state index >= 15 is 0 Å². The topological polar surface area (TPSA) is 50.7 Å². The third kappa shape index (κ3) is 3.02. The molecular weight excluding hydrogens is 369 g/mol. The van der Waals surface area contributed by atoms with Crippen LogP contribution in [0.2, 0.25) is 10.0 Å². The fourth-order valence-electron chi connectivity index (χ4n) is 2.96. The third-order valence-electron chi connectivity index (χ3n) is 4.31. The number of hydrogen-bond donors (Lipinski definition) is 1. The minimum absolute atomic E-state index is 0.190. The van der Waals surface area contributed by atoms with Gasteiger partial charge in [-0.1, -0.05) is 53.0 Å². The number of hydrogen-bond acceptors (Lipinski definition) is 2. The van der Waals surface area contributed by atoms with Gasteiger partial charge in [-0.2, -0.15) is 0 Å². The van der Waals surface area contributed by atoms with Gasteiger partial charge in [0, 0.05) is 12.7 Å². The first-order valence-corrected chi connectivity index (χ1v) is 8.87. The zero-order valence-corrected chi connectivity index (χ0v) is 15.5. The molecule has 1 N–H and O–H groups in total.